The summed E-state index contributed by atoms with van der Waals surface area (Å²) in [6, 6.07) is 9.88. The van der Waals surface area contributed by atoms with E-state index in [0.29, 0.717) is 18.8 Å². The quantitative estimate of drug-likeness (QED) is 0.554. The van der Waals surface area contributed by atoms with Crippen LogP contribution >= 0.6 is 27.3 Å². The number of hydrogen-bond donors (Lipinski definition) is 0. The molecule has 3 heterocycles. The molecule has 3 aromatic heterocycles. The Labute approximate surface area is 153 Å². The number of nitrogens with zero attached hydrogens (tertiary/aromatic N) is 2. The third-order valence-electron chi connectivity index (χ3n) is 3.73. The lowest BCUT2D eigenvalue weighted by Gasteiger charge is -2.23. The van der Waals surface area contributed by atoms with E-state index in [0.717, 1.165) is 15.1 Å². The molecule has 0 saturated heterocycles. The summed E-state index contributed by atoms with van der Waals surface area (Å²) < 4.78 is 8.35. The van der Waals surface area contributed by atoms with Crippen LogP contribution in [0.5, 0.6) is 0 Å². The number of carbonyl (C=O) groups is 1. The molecule has 0 aliphatic heterocycles. The molecule has 24 heavy (non-hydrogen) atoms. The Bertz CT molecular complexity index is 755. The molecule has 0 N–H and O–H groups in total. The van der Waals surface area contributed by atoms with Crippen molar-refractivity contribution in [3.63, 3.8) is 0 Å². The fraction of sp³-hybridized carbons (Fsp3) is 0.278. The maximum absolute atomic E-state index is 13.2. The third-order valence-corrected chi connectivity index (χ3v) is 5.03. The second kappa shape index (κ2) is 7.40. The predicted molar refractivity (Wildman–Crippen MR) is 99.1 cm³/mol. The van der Waals surface area contributed by atoms with E-state index in [2.05, 4.69) is 29.8 Å². The van der Waals surface area contributed by atoms with Crippen LogP contribution in [-0.4, -0.2) is 15.4 Å². The number of hydrogen-bond acceptors (Lipinski definition) is 3. The Balaban J connectivity index is 1.90. The lowest BCUT2D eigenvalue weighted by atomic mass is 10.3. The first-order valence-electron chi connectivity index (χ1n) is 7.76. The lowest BCUT2D eigenvalue weighted by molar-refractivity contribution is 0.0707. The van der Waals surface area contributed by atoms with Gasteiger partial charge in [-0.25, -0.2) is 0 Å². The zero-order chi connectivity index (χ0) is 17.1. The van der Waals surface area contributed by atoms with Crippen molar-refractivity contribution in [2.24, 2.45) is 0 Å². The Hall–Kier alpha value is -1.79. The van der Waals surface area contributed by atoms with Gasteiger partial charge in [0.05, 0.1) is 19.4 Å². The molecule has 4 nitrogen and oxygen atoms in total. The van der Waals surface area contributed by atoms with Crippen molar-refractivity contribution in [3.8, 4) is 0 Å². The van der Waals surface area contributed by atoms with Crippen LogP contribution in [0, 0.1) is 0 Å². The number of halogens is 1. The lowest BCUT2D eigenvalue weighted by Crippen LogP contribution is -2.31. The average molecular weight is 407 g/mol. The molecule has 0 aromatic carbocycles. The SMILES string of the molecule is CC(C)n1cc(Br)cc1C(=O)N(Cc1ccco1)Cc1cccs1. The van der Waals surface area contributed by atoms with Gasteiger partial charge in [-0.15, -0.1) is 11.3 Å². The summed E-state index contributed by atoms with van der Waals surface area (Å²) in [7, 11) is 0. The summed E-state index contributed by atoms with van der Waals surface area (Å²) in [6.07, 6.45) is 3.59. The van der Waals surface area contributed by atoms with E-state index in [4.69, 9.17) is 4.42 Å². The first-order valence-corrected chi connectivity index (χ1v) is 9.43. The highest BCUT2D eigenvalue weighted by Gasteiger charge is 2.22. The van der Waals surface area contributed by atoms with Crippen molar-refractivity contribution in [1.29, 1.82) is 0 Å². The van der Waals surface area contributed by atoms with Crippen LogP contribution in [0.4, 0.5) is 0 Å². The summed E-state index contributed by atoms with van der Waals surface area (Å²) in [5, 5.41) is 2.03. The van der Waals surface area contributed by atoms with Crippen LogP contribution < -0.4 is 0 Å². The van der Waals surface area contributed by atoms with Gasteiger partial charge < -0.3 is 13.9 Å². The van der Waals surface area contributed by atoms with E-state index in [1.165, 1.54) is 0 Å². The second-order valence-corrected chi connectivity index (χ2v) is 7.81. The molecule has 1 amide bonds. The van der Waals surface area contributed by atoms with Crippen LogP contribution in [0.2, 0.25) is 0 Å². The van der Waals surface area contributed by atoms with E-state index in [-0.39, 0.29) is 11.9 Å². The zero-order valence-electron chi connectivity index (χ0n) is 13.6. The minimum Gasteiger partial charge on any atom is -0.467 e. The van der Waals surface area contributed by atoms with E-state index in [1.54, 1.807) is 17.6 Å². The maximum atomic E-state index is 13.2. The monoisotopic (exact) mass is 406 g/mol. The standard InChI is InChI=1S/C18H19BrN2O2S/c1-13(2)21-10-14(19)9-17(21)18(22)20(11-15-5-3-7-23-15)12-16-6-4-8-24-16/h3-10,13H,11-12H2,1-2H3. The Kier molecular flexibility index (Phi) is 5.26. The van der Waals surface area contributed by atoms with Gasteiger partial charge in [0.25, 0.3) is 5.91 Å². The van der Waals surface area contributed by atoms with E-state index in [1.807, 2.05) is 51.4 Å². The van der Waals surface area contributed by atoms with Gasteiger partial charge >= 0.3 is 0 Å². The highest BCUT2D eigenvalue weighted by molar-refractivity contribution is 9.10. The second-order valence-electron chi connectivity index (χ2n) is 5.86. The normalized spacial score (nSPS) is 11.2. The minimum atomic E-state index is -0.000741. The molecular weight excluding hydrogens is 388 g/mol. The zero-order valence-corrected chi connectivity index (χ0v) is 16.0. The molecule has 0 radical (unpaired) electrons. The number of aromatic nitrogens is 1. The molecule has 0 bridgehead atoms. The van der Waals surface area contributed by atoms with Gasteiger partial charge in [0, 0.05) is 21.6 Å². The van der Waals surface area contributed by atoms with Crippen molar-refractivity contribution < 1.29 is 9.21 Å². The Morgan fingerprint density at radius 1 is 1.33 bits per heavy atom. The van der Waals surface area contributed by atoms with Gasteiger partial charge in [-0.1, -0.05) is 6.07 Å². The van der Waals surface area contributed by atoms with Gasteiger partial charge in [0.15, 0.2) is 0 Å². The average Bonchev–Trinajstić information content (AvgIpc) is 3.27. The highest BCUT2D eigenvalue weighted by atomic mass is 79.9. The van der Waals surface area contributed by atoms with Gasteiger partial charge in [-0.05, 0) is 59.4 Å². The molecule has 126 valence electrons. The minimum absolute atomic E-state index is 0.000741. The summed E-state index contributed by atoms with van der Waals surface area (Å²) >= 11 is 5.13. The molecular formula is C18H19BrN2O2S. The number of carbonyl (C=O) groups excluding carboxylic acids is 1. The van der Waals surface area contributed by atoms with Gasteiger partial charge in [0.1, 0.15) is 11.5 Å². The molecule has 3 rings (SSSR count). The van der Waals surface area contributed by atoms with Gasteiger partial charge in [0.2, 0.25) is 0 Å². The summed E-state index contributed by atoms with van der Waals surface area (Å²) in [4.78, 5) is 16.2. The van der Waals surface area contributed by atoms with Crippen molar-refractivity contribution in [2.45, 2.75) is 33.0 Å². The van der Waals surface area contributed by atoms with E-state index in [9.17, 15) is 4.79 Å². The molecule has 0 atom stereocenters. The molecule has 0 unspecified atom stereocenters. The van der Waals surface area contributed by atoms with Gasteiger partial charge in [-0.2, -0.15) is 0 Å². The van der Waals surface area contributed by atoms with Crippen molar-refractivity contribution in [2.75, 3.05) is 0 Å². The van der Waals surface area contributed by atoms with Crippen molar-refractivity contribution in [1.82, 2.24) is 9.47 Å². The van der Waals surface area contributed by atoms with E-state index >= 15 is 0 Å². The smallest absolute Gasteiger partial charge is 0.271 e. The molecule has 0 saturated carbocycles. The van der Waals surface area contributed by atoms with Crippen LogP contribution in [0.15, 0.2) is 57.1 Å². The summed E-state index contributed by atoms with van der Waals surface area (Å²) in [5.41, 5.74) is 0.681. The molecule has 6 heteroatoms. The third kappa shape index (κ3) is 3.82. The van der Waals surface area contributed by atoms with Crippen molar-refractivity contribution >= 4 is 33.2 Å². The molecule has 0 aliphatic rings. The molecule has 0 aliphatic carbocycles. The number of rotatable bonds is 6. The Morgan fingerprint density at radius 2 is 2.17 bits per heavy atom. The van der Waals surface area contributed by atoms with Crippen molar-refractivity contribution in [3.05, 3.63) is 69.0 Å². The predicted octanol–water partition coefficient (Wildman–Crippen LogP) is 5.33. The summed E-state index contributed by atoms with van der Waals surface area (Å²) in [5.74, 6) is 0.779. The summed E-state index contributed by atoms with van der Waals surface area (Å²) in [6.45, 7) is 5.15. The van der Waals surface area contributed by atoms with Crippen LogP contribution in [0.3, 0.4) is 0 Å². The molecule has 0 spiro atoms. The topological polar surface area (TPSA) is 38.4 Å². The van der Waals surface area contributed by atoms with E-state index < -0.39 is 0 Å². The fourth-order valence-electron chi connectivity index (χ4n) is 2.59. The van der Waals surface area contributed by atoms with Gasteiger partial charge in [-0.3, -0.25) is 4.79 Å². The first-order chi connectivity index (χ1) is 11.5. The maximum Gasteiger partial charge on any atom is 0.271 e. The largest absolute Gasteiger partial charge is 0.467 e. The van der Waals surface area contributed by atoms with Crippen LogP contribution in [-0.2, 0) is 13.1 Å². The Morgan fingerprint density at radius 3 is 2.79 bits per heavy atom. The number of furan rings is 1. The highest BCUT2D eigenvalue weighted by Crippen LogP contribution is 2.23. The fourth-order valence-corrected chi connectivity index (χ4v) is 3.74. The number of amides is 1. The first kappa shape index (κ1) is 17.0. The van der Waals surface area contributed by atoms with Crippen LogP contribution in [0.1, 0.15) is 41.0 Å². The van der Waals surface area contributed by atoms with Crippen LogP contribution in [0.25, 0.3) is 0 Å². The molecule has 0 fully saturated rings. The molecule has 3 aromatic rings. The number of thiophene rings is 1.